The maximum atomic E-state index is 11.6. The van der Waals surface area contributed by atoms with E-state index >= 15 is 0 Å². The second-order valence-electron chi connectivity index (χ2n) is 4.41. The lowest BCUT2D eigenvalue weighted by Crippen LogP contribution is -2.51. The third-order valence-electron chi connectivity index (χ3n) is 3.21. The highest BCUT2D eigenvalue weighted by Crippen LogP contribution is 2.06. The Morgan fingerprint density at radius 3 is 2.76 bits per heavy atom. The van der Waals surface area contributed by atoms with Crippen molar-refractivity contribution in [2.45, 2.75) is 6.10 Å². The van der Waals surface area contributed by atoms with Crippen LogP contribution in [0.2, 0.25) is 0 Å². The zero-order chi connectivity index (χ0) is 12.1. The molecule has 1 amide bonds. The Hall–Kier alpha value is -0.690. The standard InChI is InChI=1S/C11H20N2O4/c14-8-10-7-13(11(15)9-17-10)2-1-12-3-5-16-6-4-12/h10,14H,1-9H2. The van der Waals surface area contributed by atoms with Crippen molar-refractivity contribution >= 4 is 5.91 Å². The molecule has 0 aromatic heterocycles. The van der Waals surface area contributed by atoms with Crippen molar-refractivity contribution < 1.29 is 19.4 Å². The number of aliphatic hydroxyl groups is 1. The molecule has 2 aliphatic rings. The van der Waals surface area contributed by atoms with E-state index in [1.54, 1.807) is 4.90 Å². The van der Waals surface area contributed by atoms with E-state index in [1.807, 2.05) is 0 Å². The third-order valence-corrected chi connectivity index (χ3v) is 3.21. The molecule has 2 saturated heterocycles. The quantitative estimate of drug-likeness (QED) is 0.655. The van der Waals surface area contributed by atoms with Gasteiger partial charge in [-0.05, 0) is 0 Å². The minimum absolute atomic E-state index is 0.0166. The first-order valence-electron chi connectivity index (χ1n) is 6.10. The molecule has 0 spiro atoms. The van der Waals surface area contributed by atoms with Gasteiger partial charge >= 0.3 is 0 Å². The Kier molecular flexibility index (Phi) is 4.73. The number of carbonyl (C=O) groups excluding carboxylic acids is 1. The summed E-state index contributed by atoms with van der Waals surface area (Å²) in [5.74, 6) is 0.0166. The number of aliphatic hydroxyl groups excluding tert-OH is 1. The van der Waals surface area contributed by atoms with Crippen LogP contribution in [0.4, 0.5) is 0 Å². The molecule has 2 heterocycles. The van der Waals surface area contributed by atoms with Gasteiger partial charge in [-0.15, -0.1) is 0 Å². The first kappa shape index (κ1) is 12.8. The van der Waals surface area contributed by atoms with Gasteiger partial charge in [-0.1, -0.05) is 0 Å². The maximum absolute atomic E-state index is 11.6. The molecule has 0 radical (unpaired) electrons. The maximum Gasteiger partial charge on any atom is 0.248 e. The summed E-state index contributed by atoms with van der Waals surface area (Å²) in [6, 6.07) is 0. The number of nitrogens with zero attached hydrogens (tertiary/aromatic N) is 2. The number of rotatable bonds is 4. The van der Waals surface area contributed by atoms with Crippen molar-refractivity contribution in [2.24, 2.45) is 0 Å². The molecule has 1 unspecified atom stereocenters. The van der Waals surface area contributed by atoms with E-state index in [9.17, 15) is 4.79 Å². The number of hydrogen-bond donors (Lipinski definition) is 1. The lowest BCUT2D eigenvalue weighted by molar-refractivity contribution is -0.151. The molecule has 6 heteroatoms. The van der Waals surface area contributed by atoms with Crippen molar-refractivity contribution in [3.05, 3.63) is 0 Å². The van der Waals surface area contributed by atoms with Gasteiger partial charge in [0, 0.05) is 32.7 Å². The van der Waals surface area contributed by atoms with Crippen LogP contribution in [0.15, 0.2) is 0 Å². The highest BCUT2D eigenvalue weighted by Gasteiger charge is 2.25. The number of hydrogen-bond acceptors (Lipinski definition) is 5. The molecule has 1 atom stereocenters. The van der Waals surface area contributed by atoms with E-state index in [0.717, 1.165) is 32.8 Å². The fourth-order valence-corrected chi connectivity index (χ4v) is 2.09. The molecule has 2 fully saturated rings. The highest BCUT2D eigenvalue weighted by atomic mass is 16.5. The van der Waals surface area contributed by atoms with Crippen LogP contribution in [-0.2, 0) is 14.3 Å². The number of morpholine rings is 2. The predicted octanol–water partition coefficient (Wildman–Crippen LogP) is -1.46. The summed E-state index contributed by atoms with van der Waals surface area (Å²) >= 11 is 0. The summed E-state index contributed by atoms with van der Waals surface area (Å²) < 4.78 is 10.5. The molecule has 2 aliphatic heterocycles. The molecular weight excluding hydrogens is 224 g/mol. The number of amides is 1. The summed E-state index contributed by atoms with van der Waals surface area (Å²) in [6.45, 7) is 5.55. The lowest BCUT2D eigenvalue weighted by Gasteiger charge is -2.34. The normalized spacial score (nSPS) is 27.5. The highest BCUT2D eigenvalue weighted by molar-refractivity contribution is 5.78. The first-order valence-corrected chi connectivity index (χ1v) is 6.10. The van der Waals surface area contributed by atoms with Crippen molar-refractivity contribution in [1.82, 2.24) is 9.80 Å². The van der Waals surface area contributed by atoms with Crippen LogP contribution in [0.5, 0.6) is 0 Å². The summed E-state index contributed by atoms with van der Waals surface area (Å²) in [4.78, 5) is 15.7. The van der Waals surface area contributed by atoms with Gasteiger partial charge in [0.2, 0.25) is 5.91 Å². The van der Waals surface area contributed by atoms with E-state index in [1.165, 1.54) is 0 Å². The zero-order valence-corrected chi connectivity index (χ0v) is 10.0. The second-order valence-corrected chi connectivity index (χ2v) is 4.41. The SMILES string of the molecule is O=C1COC(CO)CN1CCN1CCOCC1. The molecule has 0 aromatic carbocycles. The van der Waals surface area contributed by atoms with Crippen LogP contribution in [0.1, 0.15) is 0 Å². The monoisotopic (exact) mass is 244 g/mol. The van der Waals surface area contributed by atoms with Crippen LogP contribution in [-0.4, -0.2) is 86.1 Å². The average molecular weight is 244 g/mol. The van der Waals surface area contributed by atoms with Gasteiger partial charge in [-0.3, -0.25) is 9.69 Å². The van der Waals surface area contributed by atoms with Crippen molar-refractivity contribution in [3.8, 4) is 0 Å². The molecule has 0 saturated carbocycles. The Balaban J connectivity index is 1.74. The van der Waals surface area contributed by atoms with Gasteiger partial charge in [0.15, 0.2) is 0 Å². The largest absolute Gasteiger partial charge is 0.394 e. The third kappa shape index (κ3) is 3.64. The van der Waals surface area contributed by atoms with Crippen molar-refractivity contribution in [2.75, 3.05) is 59.2 Å². The van der Waals surface area contributed by atoms with E-state index in [-0.39, 0.29) is 25.2 Å². The van der Waals surface area contributed by atoms with Gasteiger partial charge in [0.1, 0.15) is 6.61 Å². The molecular formula is C11H20N2O4. The van der Waals surface area contributed by atoms with E-state index in [4.69, 9.17) is 14.6 Å². The molecule has 1 N–H and O–H groups in total. The van der Waals surface area contributed by atoms with Crippen LogP contribution < -0.4 is 0 Å². The van der Waals surface area contributed by atoms with Crippen LogP contribution in [0.3, 0.4) is 0 Å². The molecule has 0 aromatic rings. The van der Waals surface area contributed by atoms with Crippen molar-refractivity contribution in [1.29, 1.82) is 0 Å². The van der Waals surface area contributed by atoms with E-state index < -0.39 is 0 Å². The minimum atomic E-state index is -0.225. The minimum Gasteiger partial charge on any atom is -0.394 e. The van der Waals surface area contributed by atoms with Gasteiger partial charge in [0.05, 0.1) is 25.9 Å². The van der Waals surface area contributed by atoms with Crippen LogP contribution in [0.25, 0.3) is 0 Å². The van der Waals surface area contributed by atoms with Gasteiger partial charge in [-0.2, -0.15) is 0 Å². The molecule has 0 aliphatic carbocycles. The number of ether oxygens (including phenoxy) is 2. The average Bonchev–Trinajstić information content (AvgIpc) is 2.39. The summed E-state index contributed by atoms with van der Waals surface area (Å²) in [6.07, 6.45) is -0.225. The molecule has 17 heavy (non-hydrogen) atoms. The topological polar surface area (TPSA) is 62.2 Å². The zero-order valence-electron chi connectivity index (χ0n) is 10.0. The number of carbonyl (C=O) groups is 1. The summed E-state index contributed by atoms with van der Waals surface area (Å²) in [5, 5.41) is 9.02. The van der Waals surface area contributed by atoms with Crippen molar-refractivity contribution in [3.63, 3.8) is 0 Å². The second kappa shape index (κ2) is 6.30. The van der Waals surface area contributed by atoms with Crippen LogP contribution in [0, 0.1) is 0 Å². The molecule has 6 nitrogen and oxygen atoms in total. The Bertz CT molecular complexity index is 256. The van der Waals surface area contributed by atoms with Gasteiger partial charge < -0.3 is 19.5 Å². The molecule has 98 valence electrons. The van der Waals surface area contributed by atoms with Crippen LogP contribution >= 0.6 is 0 Å². The summed E-state index contributed by atoms with van der Waals surface area (Å²) in [7, 11) is 0. The molecule has 0 bridgehead atoms. The van der Waals surface area contributed by atoms with Gasteiger partial charge in [-0.25, -0.2) is 0 Å². The smallest absolute Gasteiger partial charge is 0.248 e. The summed E-state index contributed by atoms with van der Waals surface area (Å²) in [5.41, 5.74) is 0. The fraction of sp³-hybridized carbons (Fsp3) is 0.909. The Morgan fingerprint density at radius 2 is 2.06 bits per heavy atom. The van der Waals surface area contributed by atoms with E-state index in [0.29, 0.717) is 13.1 Å². The molecule has 2 rings (SSSR count). The fourth-order valence-electron chi connectivity index (χ4n) is 2.09. The first-order chi connectivity index (χ1) is 8.29. The Morgan fingerprint density at radius 1 is 1.29 bits per heavy atom. The van der Waals surface area contributed by atoms with E-state index in [2.05, 4.69) is 4.90 Å². The lowest BCUT2D eigenvalue weighted by atomic mass is 10.2. The Labute approximate surface area is 101 Å². The van der Waals surface area contributed by atoms with Gasteiger partial charge in [0.25, 0.3) is 0 Å². The predicted molar refractivity (Wildman–Crippen MR) is 60.7 cm³/mol.